The largest absolute Gasteiger partial charge is 0.444 e. The van der Waals surface area contributed by atoms with E-state index in [0.29, 0.717) is 22.0 Å². The standard InChI is InChI=1S/C20H17BrN6O2/c1-12-11-13(2)27(26-12)19-10-9-18(24-25-19)22-14-3-5-15(6-4-14)23-20(28)16-7-8-17(21)29-16/h3-11H,1-2H3,(H,22,24)(H,23,28). The second kappa shape index (κ2) is 7.88. The fourth-order valence-corrected chi connectivity index (χ4v) is 3.09. The summed E-state index contributed by atoms with van der Waals surface area (Å²) in [4.78, 5) is 12.1. The van der Waals surface area contributed by atoms with Crippen LogP contribution in [0.25, 0.3) is 5.82 Å². The molecule has 3 aromatic heterocycles. The van der Waals surface area contributed by atoms with Crippen molar-refractivity contribution in [1.29, 1.82) is 0 Å². The summed E-state index contributed by atoms with van der Waals surface area (Å²) in [6, 6.07) is 16.2. The molecule has 0 atom stereocenters. The van der Waals surface area contributed by atoms with Gasteiger partial charge in [-0.3, -0.25) is 4.79 Å². The topological polar surface area (TPSA) is 97.9 Å². The van der Waals surface area contributed by atoms with Crippen LogP contribution in [0.15, 0.2) is 63.7 Å². The van der Waals surface area contributed by atoms with E-state index in [1.165, 1.54) is 0 Å². The van der Waals surface area contributed by atoms with Crippen LogP contribution >= 0.6 is 15.9 Å². The first kappa shape index (κ1) is 18.9. The van der Waals surface area contributed by atoms with E-state index in [-0.39, 0.29) is 11.7 Å². The highest BCUT2D eigenvalue weighted by Gasteiger charge is 2.11. The molecule has 0 spiro atoms. The molecule has 0 bridgehead atoms. The van der Waals surface area contributed by atoms with Gasteiger partial charge in [0.05, 0.1) is 5.69 Å². The van der Waals surface area contributed by atoms with E-state index in [4.69, 9.17) is 4.42 Å². The molecular formula is C20H17BrN6O2. The van der Waals surface area contributed by atoms with Crippen molar-refractivity contribution in [2.45, 2.75) is 13.8 Å². The Morgan fingerprint density at radius 3 is 2.34 bits per heavy atom. The summed E-state index contributed by atoms with van der Waals surface area (Å²) in [5, 5.41) is 18.8. The van der Waals surface area contributed by atoms with Gasteiger partial charge in [-0.15, -0.1) is 10.2 Å². The Kier molecular flexibility index (Phi) is 5.13. The number of anilines is 3. The summed E-state index contributed by atoms with van der Waals surface area (Å²) in [5.41, 5.74) is 3.39. The molecule has 4 rings (SSSR count). The summed E-state index contributed by atoms with van der Waals surface area (Å²) in [5.74, 6) is 1.18. The number of nitrogens with zero attached hydrogens (tertiary/aromatic N) is 4. The van der Waals surface area contributed by atoms with Crippen LogP contribution in [-0.4, -0.2) is 25.9 Å². The lowest BCUT2D eigenvalue weighted by molar-refractivity contribution is 0.0995. The summed E-state index contributed by atoms with van der Waals surface area (Å²) in [7, 11) is 0. The number of nitrogens with one attached hydrogen (secondary N) is 2. The van der Waals surface area contributed by atoms with Crippen molar-refractivity contribution >= 4 is 39.0 Å². The molecule has 0 unspecified atom stereocenters. The average molecular weight is 453 g/mol. The van der Waals surface area contributed by atoms with E-state index in [1.54, 1.807) is 28.9 Å². The number of carbonyl (C=O) groups excluding carboxylic acids is 1. The first-order valence-electron chi connectivity index (χ1n) is 8.79. The average Bonchev–Trinajstić information content (AvgIpc) is 3.29. The number of aryl methyl sites for hydroxylation is 2. The van der Waals surface area contributed by atoms with Gasteiger partial charge in [0.2, 0.25) is 0 Å². The number of carbonyl (C=O) groups is 1. The molecule has 8 nitrogen and oxygen atoms in total. The molecule has 0 saturated carbocycles. The fraction of sp³-hybridized carbons (Fsp3) is 0.100. The number of benzene rings is 1. The van der Waals surface area contributed by atoms with Crippen molar-refractivity contribution in [1.82, 2.24) is 20.0 Å². The van der Waals surface area contributed by atoms with Crippen molar-refractivity contribution in [3.63, 3.8) is 0 Å². The molecule has 4 aromatic rings. The third-order valence-electron chi connectivity index (χ3n) is 4.09. The number of furan rings is 1. The molecule has 3 heterocycles. The lowest BCUT2D eigenvalue weighted by Gasteiger charge is -2.08. The van der Waals surface area contributed by atoms with Gasteiger partial charge in [-0.1, -0.05) is 0 Å². The number of halogens is 1. The van der Waals surface area contributed by atoms with E-state index < -0.39 is 0 Å². The minimum absolute atomic E-state index is 0.233. The summed E-state index contributed by atoms with van der Waals surface area (Å²) < 4.78 is 7.50. The molecule has 0 aliphatic heterocycles. The molecule has 2 N–H and O–H groups in total. The van der Waals surface area contributed by atoms with E-state index >= 15 is 0 Å². The highest BCUT2D eigenvalue weighted by Crippen LogP contribution is 2.20. The molecule has 0 fully saturated rings. The van der Waals surface area contributed by atoms with Gasteiger partial charge >= 0.3 is 0 Å². The summed E-state index contributed by atoms with van der Waals surface area (Å²) >= 11 is 3.18. The molecule has 1 amide bonds. The van der Waals surface area contributed by atoms with Gasteiger partial charge < -0.3 is 15.1 Å². The van der Waals surface area contributed by atoms with Crippen molar-refractivity contribution in [3.05, 3.63) is 76.4 Å². The van der Waals surface area contributed by atoms with E-state index in [2.05, 4.69) is 41.9 Å². The molecule has 0 radical (unpaired) electrons. The molecule has 146 valence electrons. The van der Waals surface area contributed by atoms with Crippen LogP contribution in [0.3, 0.4) is 0 Å². The molecule has 29 heavy (non-hydrogen) atoms. The normalized spacial score (nSPS) is 10.7. The lowest BCUT2D eigenvalue weighted by Crippen LogP contribution is -2.10. The Morgan fingerprint density at radius 1 is 1.00 bits per heavy atom. The number of hydrogen-bond donors (Lipinski definition) is 2. The van der Waals surface area contributed by atoms with Crippen LogP contribution in [0.5, 0.6) is 0 Å². The summed E-state index contributed by atoms with van der Waals surface area (Å²) in [6.07, 6.45) is 0. The maximum absolute atomic E-state index is 12.1. The SMILES string of the molecule is Cc1cc(C)n(-c2ccc(Nc3ccc(NC(=O)c4ccc(Br)o4)cc3)nn2)n1. The Bertz CT molecular complexity index is 1150. The van der Waals surface area contributed by atoms with Crippen molar-refractivity contribution in [2.24, 2.45) is 0 Å². The van der Waals surface area contributed by atoms with Crippen LogP contribution in [0.2, 0.25) is 0 Å². The van der Waals surface area contributed by atoms with Crippen LogP contribution in [0, 0.1) is 13.8 Å². The van der Waals surface area contributed by atoms with E-state index in [9.17, 15) is 4.79 Å². The van der Waals surface area contributed by atoms with Crippen LogP contribution in [0.1, 0.15) is 21.9 Å². The van der Waals surface area contributed by atoms with Gasteiger partial charge in [0, 0.05) is 17.1 Å². The lowest BCUT2D eigenvalue weighted by atomic mass is 10.2. The number of rotatable bonds is 5. The second-order valence-electron chi connectivity index (χ2n) is 6.38. The van der Waals surface area contributed by atoms with E-state index in [1.807, 2.05) is 44.2 Å². The highest BCUT2D eigenvalue weighted by atomic mass is 79.9. The maximum Gasteiger partial charge on any atom is 0.291 e. The second-order valence-corrected chi connectivity index (χ2v) is 7.16. The number of amides is 1. The van der Waals surface area contributed by atoms with Gasteiger partial charge in [0.1, 0.15) is 0 Å². The zero-order valence-corrected chi connectivity index (χ0v) is 17.3. The third kappa shape index (κ3) is 4.35. The Balaban J connectivity index is 1.41. The summed E-state index contributed by atoms with van der Waals surface area (Å²) in [6.45, 7) is 3.91. The van der Waals surface area contributed by atoms with Gasteiger partial charge in [0.15, 0.2) is 22.1 Å². The molecule has 0 aliphatic rings. The van der Waals surface area contributed by atoms with Gasteiger partial charge in [0.25, 0.3) is 5.91 Å². The highest BCUT2D eigenvalue weighted by molar-refractivity contribution is 9.10. The quantitative estimate of drug-likeness (QED) is 0.457. The predicted octanol–water partition coefficient (Wildman–Crippen LogP) is 4.63. The zero-order valence-electron chi connectivity index (χ0n) is 15.7. The van der Waals surface area contributed by atoms with Crippen LogP contribution in [-0.2, 0) is 0 Å². The number of hydrogen-bond acceptors (Lipinski definition) is 6. The zero-order chi connectivity index (χ0) is 20.4. The Hall–Kier alpha value is -3.46. The van der Waals surface area contributed by atoms with E-state index in [0.717, 1.165) is 17.1 Å². The first-order valence-corrected chi connectivity index (χ1v) is 9.58. The van der Waals surface area contributed by atoms with Crippen LogP contribution in [0.4, 0.5) is 17.2 Å². The van der Waals surface area contributed by atoms with Gasteiger partial charge in [-0.25, -0.2) is 4.68 Å². The smallest absolute Gasteiger partial charge is 0.291 e. The first-order chi connectivity index (χ1) is 14.0. The molecule has 9 heteroatoms. The molecular weight excluding hydrogens is 436 g/mol. The molecule has 0 aliphatic carbocycles. The molecule has 1 aromatic carbocycles. The van der Waals surface area contributed by atoms with Crippen LogP contribution < -0.4 is 10.6 Å². The minimum Gasteiger partial charge on any atom is -0.444 e. The predicted molar refractivity (Wildman–Crippen MR) is 113 cm³/mol. The molecule has 0 saturated heterocycles. The monoisotopic (exact) mass is 452 g/mol. The third-order valence-corrected chi connectivity index (χ3v) is 4.52. The van der Waals surface area contributed by atoms with Crippen molar-refractivity contribution in [3.8, 4) is 5.82 Å². The minimum atomic E-state index is -0.318. The maximum atomic E-state index is 12.1. The van der Waals surface area contributed by atoms with Crippen molar-refractivity contribution < 1.29 is 9.21 Å². The fourth-order valence-electron chi connectivity index (χ4n) is 2.78. The van der Waals surface area contributed by atoms with Gasteiger partial charge in [-0.2, -0.15) is 5.10 Å². The Labute approximate surface area is 175 Å². The number of aromatic nitrogens is 4. The van der Waals surface area contributed by atoms with Gasteiger partial charge in [-0.05, 0) is 84.4 Å². The Morgan fingerprint density at radius 2 is 1.76 bits per heavy atom. The van der Waals surface area contributed by atoms with Crippen molar-refractivity contribution in [2.75, 3.05) is 10.6 Å².